The Morgan fingerprint density at radius 2 is 1.50 bits per heavy atom. The smallest absolute Gasteiger partial charge is 0.278 e. The highest BCUT2D eigenvalue weighted by Crippen LogP contribution is 2.30. The van der Waals surface area contributed by atoms with E-state index in [-0.39, 0.29) is 11.8 Å². The van der Waals surface area contributed by atoms with Gasteiger partial charge in [0.1, 0.15) is 5.70 Å². The second-order valence-corrected chi connectivity index (χ2v) is 7.68. The van der Waals surface area contributed by atoms with Gasteiger partial charge in [0, 0.05) is 17.3 Å². The number of benzene rings is 3. The van der Waals surface area contributed by atoms with Crippen LogP contribution in [0.2, 0.25) is 5.02 Å². The standard InChI is InChI=1S/C25H21ClN2O2/c1-17-7-13-21(14-8-17)27-23-22(19-5-3-2-4-6-19)24(29)28(25(23)30)16-15-18-9-11-20(26)12-10-18/h2-14,27H,15-16H2,1H3. The van der Waals surface area contributed by atoms with E-state index in [2.05, 4.69) is 5.32 Å². The molecule has 0 saturated carbocycles. The summed E-state index contributed by atoms with van der Waals surface area (Å²) in [6.07, 6.45) is 0.564. The first-order chi connectivity index (χ1) is 14.5. The summed E-state index contributed by atoms with van der Waals surface area (Å²) in [5, 5.41) is 3.84. The Labute approximate surface area is 180 Å². The van der Waals surface area contributed by atoms with E-state index in [4.69, 9.17) is 11.6 Å². The number of amides is 2. The van der Waals surface area contributed by atoms with Gasteiger partial charge in [0.2, 0.25) is 0 Å². The average molecular weight is 417 g/mol. The second kappa shape index (κ2) is 8.56. The molecule has 0 aromatic heterocycles. The fourth-order valence-electron chi connectivity index (χ4n) is 3.44. The van der Waals surface area contributed by atoms with E-state index in [1.807, 2.05) is 85.8 Å². The highest BCUT2D eigenvalue weighted by Gasteiger charge is 2.38. The number of hydrogen-bond acceptors (Lipinski definition) is 3. The summed E-state index contributed by atoms with van der Waals surface area (Å²) in [5.74, 6) is -0.594. The quantitative estimate of drug-likeness (QED) is 0.570. The van der Waals surface area contributed by atoms with Crippen molar-refractivity contribution in [2.75, 3.05) is 11.9 Å². The number of carbonyl (C=O) groups excluding carboxylic acids is 2. The van der Waals surface area contributed by atoms with Gasteiger partial charge in [0.25, 0.3) is 11.8 Å². The average Bonchev–Trinajstić information content (AvgIpc) is 2.99. The molecule has 0 unspecified atom stereocenters. The zero-order valence-corrected chi connectivity index (χ0v) is 17.3. The molecule has 0 bridgehead atoms. The predicted octanol–water partition coefficient (Wildman–Crippen LogP) is 5.08. The van der Waals surface area contributed by atoms with Crippen LogP contribution in [0.4, 0.5) is 5.69 Å². The van der Waals surface area contributed by atoms with Gasteiger partial charge in [-0.1, -0.05) is 71.8 Å². The number of carbonyl (C=O) groups is 2. The van der Waals surface area contributed by atoms with Crippen LogP contribution in [0.3, 0.4) is 0 Å². The van der Waals surface area contributed by atoms with Gasteiger partial charge in [-0.15, -0.1) is 0 Å². The zero-order chi connectivity index (χ0) is 21.1. The van der Waals surface area contributed by atoms with Crippen LogP contribution in [0.5, 0.6) is 0 Å². The first-order valence-corrected chi connectivity index (χ1v) is 10.1. The van der Waals surface area contributed by atoms with Gasteiger partial charge in [-0.3, -0.25) is 14.5 Å². The van der Waals surface area contributed by atoms with Crippen molar-refractivity contribution < 1.29 is 9.59 Å². The highest BCUT2D eigenvalue weighted by molar-refractivity contribution is 6.36. The van der Waals surface area contributed by atoms with Gasteiger partial charge < -0.3 is 5.32 Å². The van der Waals surface area contributed by atoms with Crippen LogP contribution in [0, 0.1) is 6.92 Å². The van der Waals surface area contributed by atoms with E-state index in [1.165, 1.54) is 4.90 Å². The number of nitrogens with one attached hydrogen (secondary N) is 1. The molecule has 5 heteroatoms. The van der Waals surface area contributed by atoms with Crippen molar-refractivity contribution in [2.24, 2.45) is 0 Å². The Kier molecular flexibility index (Phi) is 5.68. The summed E-state index contributed by atoms with van der Waals surface area (Å²) in [4.78, 5) is 27.8. The Hall–Kier alpha value is -3.37. The Morgan fingerprint density at radius 1 is 0.833 bits per heavy atom. The third-order valence-electron chi connectivity index (χ3n) is 5.09. The molecule has 150 valence electrons. The lowest BCUT2D eigenvalue weighted by atomic mass is 10.0. The van der Waals surface area contributed by atoms with Crippen LogP contribution >= 0.6 is 11.6 Å². The van der Waals surface area contributed by atoms with Crippen LogP contribution in [-0.4, -0.2) is 23.3 Å². The summed E-state index contributed by atoms with van der Waals surface area (Å²) in [5.41, 5.74) is 4.34. The second-order valence-electron chi connectivity index (χ2n) is 7.25. The maximum atomic E-state index is 13.2. The summed E-state index contributed by atoms with van der Waals surface area (Å²) >= 11 is 5.94. The number of imide groups is 1. The summed E-state index contributed by atoms with van der Waals surface area (Å²) in [7, 11) is 0. The minimum absolute atomic E-state index is 0.283. The molecular weight excluding hydrogens is 396 g/mol. The maximum absolute atomic E-state index is 13.2. The Bertz CT molecular complexity index is 1100. The molecule has 0 spiro atoms. The summed E-state index contributed by atoms with van der Waals surface area (Å²) in [6, 6.07) is 24.5. The Morgan fingerprint density at radius 3 is 2.17 bits per heavy atom. The van der Waals surface area contributed by atoms with E-state index in [9.17, 15) is 9.59 Å². The molecule has 1 aliphatic heterocycles. The number of hydrogen-bond donors (Lipinski definition) is 1. The fraction of sp³-hybridized carbons (Fsp3) is 0.120. The van der Waals surface area contributed by atoms with E-state index >= 15 is 0 Å². The molecule has 3 aromatic carbocycles. The van der Waals surface area contributed by atoms with Crippen molar-refractivity contribution in [3.05, 3.63) is 106 Å². The monoisotopic (exact) mass is 416 g/mol. The third-order valence-corrected chi connectivity index (χ3v) is 5.34. The van der Waals surface area contributed by atoms with Crippen LogP contribution in [0.25, 0.3) is 5.57 Å². The van der Waals surface area contributed by atoms with Crippen molar-refractivity contribution >= 4 is 34.7 Å². The molecule has 3 aromatic rings. The largest absolute Gasteiger partial charge is 0.350 e. The number of aryl methyl sites for hydroxylation is 1. The zero-order valence-electron chi connectivity index (χ0n) is 16.6. The summed E-state index contributed by atoms with van der Waals surface area (Å²) < 4.78 is 0. The topological polar surface area (TPSA) is 49.4 Å². The molecule has 0 atom stereocenters. The summed E-state index contributed by atoms with van der Waals surface area (Å²) in [6.45, 7) is 2.30. The predicted molar refractivity (Wildman–Crippen MR) is 120 cm³/mol. The van der Waals surface area contributed by atoms with E-state index < -0.39 is 0 Å². The number of rotatable bonds is 6. The van der Waals surface area contributed by atoms with Crippen LogP contribution < -0.4 is 5.32 Å². The normalized spacial score (nSPS) is 13.9. The molecule has 1 heterocycles. The molecule has 0 saturated heterocycles. The van der Waals surface area contributed by atoms with Gasteiger partial charge in [0.05, 0.1) is 5.57 Å². The van der Waals surface area contributed by atoms with Gasteiger partial charge in [-0.25, -0.2) is 0 Å². The Balaban J connectivity index is 1.63. The first-order valence-electron chi connectivity index (χ1n) is 9.77. The molecule has 4 nitrogen and oxygen atoms in total. The van der Waals surface area contributed by atoms with Crippen molar-refractivity contribution in [1.29, 1.82) is 0 Å². The lowest BCUT2D eigenvalue weighted by molar-refractivity contribution is -0.136. The van der Waals surface area contributed by atoms with E-state index in [0.717, 1.165) is 22.4 Å². The van der Waals surface area contributed by atoms with Crippen molar-refractivity contribution in [2.45, 2.75) is 13.3 Å². The lowest BCUT2D eigenvalue weighted by Gasteiger charge is -2.15. The van der Waals surface area contributed by atoms with E-state index in [0.29, 0.717) is 29.3 Å². The van der Waals surface area contributed by atoms with Gasteiger partial charge in [-0.2, -0.15) is 0 Å². The number of halogens is 1. The number of nitrogens with zero attached hydrogens (tertiary/aromatic N) is 1. The van der Waals surface area contributed by atoms with Gasteiger partial charge in [0.15, 0.2) is 0 Å². The highest BCUT2D eigenvalue weighted by atomic mass is 35.5. The van der Waals surface area contributed by atoms with Crippen LogP contribution in [0.1, 0.15) is 16.7 Å². The van der Waals surface area contributed by atoms with Gasteiger partial charge >= 0.3 is 0 Å². The minimum atomic E-state index is -0.312. The fourth-order valence-corrected chi connectivity index (χ4v) is 3.57. The van der Waals surface area contributed by atoms with Crippen LogP contribution in [0.15, 0.2) is 84.6 Å². The molecule has 1 N–H and O–H groups in total. The molecule has 0 radical (unpaired) electrons. The van der Waals surface area contributed by atoms with Crippen molar-refractivity contribution in [1.82, 2.24) is 4.90 Å². The molecular formula is C25H21ClN2O2. The molecule has 30 heavy (non-hydrogen) atoms. The minimum Gasteiger partial charge on any atom is -0.350 e. The van der Waals surface area contributed by atoms with Crippen molar-refractivity contribution in [3.63, 3.8) is 0 Å². The molecule has 0 fully saturated rings. The third kappa shape index (κ3) is 4.14. The first kappa shape index (κ1) is 19.9. The molecule has 2 amide bonds. The molecule has 4 rings (SSSR count). The molecule has 0 aliphatic carbocycles. The van der Waals surface area contributed by atoms with Gasteiger partial charge in [-0.05, 0) is 48.7 Å². The SMILES string of the molecule is Cc1ccc(NC2=C(c3ccccc3)C(=O)N(CCc3ccc(Cl)cc3)C2=O)cc1. The maximum Gasteiger partial charge on any atom is 0.278 e. The molecule has 1 aliphatic rings. The number of anilines is 1. The van der Waals surface area contributed by atoms with E-state index in [1.54, 1.807) is 0 Å². The lowest BCUT2D eigenvalue weighted by Crippen LogP contribution is -2.34. The van der Waals surface area contributed by atoms with Crippen molar-refractivity contribution in [3.8, 4) is 0 Å². The van der Waals surface area contributed by atoms with Crippen LogP contribution in [-0.2, 0) is 16.0 Å².